The summed E-state index contributed by atoms with van der Waals surface area (Å²) in [5.74, 6) is 0.241. The van der Waals surface area contributed by atoms with E-state index < -0.39 is 5.25 Å². The molecule has 0 N–H and O–H groups in total. The molecule has 2 nitrogen and oxygen atoms in total. The summed E-state index contributed by atoms with van der Waals surface area (Å²) in [6.45, 7) is 5.78. The molecule has 0 heterocycles. The van der Waals surface area contributed by atoms with Gasteiger partial charge in [-0.2, -0.15) is 0 Å². The highest BCUT2D eigenvalue weighted by Crippen LogP contribution is 2.37. The highest BCUT2D eigenvalue weighted by atomic mass is 32.2. The predicted molar refractivity (Wildman–Crippen MR) is 54.9 cm³/mol. The summed E-state index contributed by atoms with van der Waals surface area (Å²) in [6.07, 6.45) is 2.52. The molecule has 3 heteroatoms. The fraction of sp³-hybridized carbons (Fsp3) is 0.800. The maximum absolute atomic E-state index is 11.8. The van der Waals surface area contributed by atoms with E-state index in [1.807, 2.05) is 27.0 Å². The SMILES string of the molecule is CSC1C(=O)C(C)CC(C)(C)C1=O. The lowest BCUT2D eigenvalue weighted by molar-refractivity contribution is -0.138. The zero-order chi connectivity index (χ0) is 10.2. The summed E-state index contributed by atoms with van der Waals surface area (Å²) in [5.41, 5.74) is -0.318. The third-order valence-corrected chi connectivity index (χ3v) is 3.62. The molecule has 0 saturated heterocycles. The number of carbonyl (C=O) groups is 2. The van der Waals surface area contributed by atoms with Gasteiger partial charge in [0.2, 0.25) is 0 Å². The van der Waals surface area contributed by atoms with Crippen LogP contribution in [0, 0.1) is 11.3 Å². The summed E-state index contributed by atoms with van der Waals surface area (Å²) < 4.78 is 0. The maximum atomic E-state index is 11.8. The molecular formula is C10H16O2S. The number of thioether (sulfide) groups is 1. The van der Waals surface area contributed by atoms with Crippen LogP contribution in [0.15, 0.2) is 0 Å². The van der Waals surface area contributed by atoms with Gasteiger partial charge in [-0.3, -0.25) is 9.59 Å². The van der Waals surface area contributed by atoms with Crippen LogP contribution >= 0.6 is 11.8 Å². The molecule has 0 aromatic rings. The van der Waals surface area contributed by atoms with Crippen molar-refractivity contribution in [3.05, 3.63) is 0 Å². The molecule has 0 aromatic heterocycles. The highest BCUT2D eigenvalue weighted by Gasteiger charge is 2.45. The van der Waals surface area contributed by atoms with E-state index in [0.29, 0.717) is 6.42 Å². The number of hydrogen-bond donors (Lipinski definition) is 0. The standard InChI is InChI=1S/C10H16O2S/c1-6-5-10(2,3)9(12)8(13-4)7(6)11/h6,8H,5H2,1-4H3. The molecule has 1 saturated carbocycles. The third kappa shape index (κ3) is 1.80. The van der Waals surface area contributed by atoms with Crippen LogP contribution in [0.25, 0.3) is 0 Å². The molecule has 2 unspecified atom stereocenters. The van der Waals surface area contributed by atoms with E-state index in [4.69, 9.17) is 0 Å². The van der Waals surface area contributed by atoms with Crippen molar-refractivity contribution < 1.29 is 9.59 Å². The second kappa shape index (κ2) is 3.45. The van der Waals surface area contributed by atoms with Crippen LogP contribution < -0.4 is 0 Å². The summed E-state index contributed by atoms with van der Waals surface area (Å²) in [6, 6.07) is 0. The Hall–Kier alpha value is -0.310. The van der Waals surface area contributed by atoms with E-state index in [-0.39, 0.29) is 22.9 Å². The molecule has 1 aliphatic rings. The molecule has 1 aliphatic carbocycles. The summed E-state index contributed by atoms with van der Waals surface area (Å²) in [7, 11) is 0. The van der Waals surface area contributed by atoms with Gasteiger partial charge in [0.1, 0.15) is 5.25 Å². The molecule has 1 fully saturated rings. The fourth-order valence-electron chi connectivity index (χ4n) is 1.93. The highest BCUT2D eigenvalue weighted by molar-refractivity contribution is 8.00. The monoisotopic (exact) mass is 200 g/mol. The smallest absolute Gasteiger partial charge is 0.158 e. The first kappa shape index (κ1) is 10.8. The third-order valence-electron chi connectivity index (χ3n) is 2.70. The van der Waals surface area contributed by atoms with Gasteiger partial charge in [-0.1, -0.05) is 20.8 Å². The largest absolute Gasteiger partial charge is 0.298 e. The zero-order valence-corrected chi connectivity index (χ0v) is 9.40. The van der Waals surface area contributed by atoms with Gasteiger partial charge in [0.05, 0.1) is 0 Å². The maximum Gasteiger partial charge on any atom is 0.158 e. The van der Waals surface area contributed by atoms with Crippen molar-refractivity contribution in [3.8, 4) is 0 Å². The summed E-state index contributed by atoms with van der Waals surface area (Å²) in [5, 5.41) is -0.418. The van der Waals surface area contributed by atoms with Gasteiger partial charge in [0.15, 0.2) is 11.6 Å². The number of hydrogen-bond acceptors (Lipinski definition) is 3. The molecule has 2 atom stereocenters. The van der Waals surface area contributed by atoms with Crippen molar-refractivity contribution in [1.29, 1.82) is 0 Å². The fourth-order valence-corrected chi connectivity index (χ4v) is 2.93. The van der Waals surface area contributed by atoms with Crippen LogP contribution in [-0.4, -0.2) is 23.1 Å². The normalized spacial score (nSPS) is 33.5. The zero-order valence-electron chi connectivity index (χ0n) is 8.59. The second-order valence-electron chi connectivity index (χ2n) is 4.37. The number of carbonyl (C=O) groups excluding carboxylic acids is 2. The van der Waals surface area contributed by atoms with Gasteiger partial charge >= 0.3 is 0 Å². The molecule has 74 valence electrons. The van der Waals surface area contributed by atoms with Crippen LogP contribution in [-0.2, 0) is 9.59 Å². The van der Waals surface area contributed by atoms with Crippen molar-refractivity contribution in [2.75, 3.05) is 6.26 Å². The minimum atomic E-state index is -0.418. The van der Waals surface area contributed by atoms with Crippen molar-refractivity contribution in [1.82, 2.24) is 0 Å². The van der Waals surface area contributed by atoms with Gasteiger partial charge in [-0.15, -0.1) is 11.8 Å². The van der Waals surface area contributed by atoms with Crippen molar-refractivity contribution in [2.24, 2.45) is 11.3 Å². The number of Topliss-reactive ketones (excluding diaryl/α,β-unsaturated/α-hetero) is 2. The first-order chi connectivity index (χ1) is 5.90. The first-order valence-corrected chi connectivity index (χ1v) is 5.80. The molecular weight excluding hydrogens is 184 g/mol. The Kier molecular flexibility index (Phi) is 2.85. The van der Waals surface area contributed by atoms with Crippen molar-refractivity contribution in [3.63, 3.8) is 0 Å². The minimum absolute atomic E-state index is 0.0325. The van der Waals surface area contributed by atoms with Gasteiger partial charge in [0, 0.05) is 11.3 Å². The number of ketones is 2. The van der Waals surface area contributed by atoms with E-state index in [1.54, 1.807) is 0 Å². The molecule has 0 amide bonds. The van der Waals surface area contributed by atoms with Crippen LogP contribution in [0.5, 0.6) is 0 Å². The van der Waals surface area contributed by atoms with E-state index in [9.17, 15) is 9.59 Å². The average molecular weight is 200 g/mol. The lowest BCUT2D eigenvalue weighted by atomic mass is 9.71. The summed E-state index contributed by atoms with van der Waals surface area (Å²) >= 11 is 1.37. The van der Waals surface area contributed by atoms with Crippen LogP contribution in [0.1, 0.15) is 27.2 Å². The molecule has 0 bridgehead atoms. The van der Waals surface area contributed by atoms with E-state index in [2.05, 4.69) is 0 Å². The average Bonchev–Trinajstić information content (AvgIpc) is 2.02. The molecule has 0 aromatic carbocycles. The molecule has 0 spiro atoms. The van der Waals surface area contributed by atoms with Gasteiger partial charge < -0.3 is 0 Å². The Bertz CT molecular complexity index is 245. The van der Waals surface area contributed by atoms with Gasteiger partial charge in [-0.05, 0) is 12.7 Å². The lowest BCUT2D eigenvalue weighted by Crippen LogP contribution is -2.46. The summed E-state index contributed by atoms with van der Waals surface area (Å²) in [4.78, 5) is 23.4. The molecule has 0 aliphatic heterocycles. The predicted octanol–water partition coefficient (Wildman–Crippen LogP) is 1.92. The van der Waals surface area contributed by atoms with Crippen LogP contribution in [0.2, 0.25) is 0 Å². The van der Waals surface area contributed by atoms with Crippen LogP contribution in [0.4, 0.5) is 0 Å². The first-order valence-electron chi connectivity index (χ1n) is 4.51. The lowest BCUT2D eigenvalue weighted by Gasteiger charge is -2.35. The Morgan fingerprint density at radius 3 is 2.38 bits per heavy atom. The molecule has 0 radical (unpaired) electrons. The molecule has 1 rings (SSSR count). The minimum Gasteiger partial charge on any atom is -0.298 e. The van der Waals surface area contributed by atoms with Crippen LogP contribution in [0.3, 0.4) is 0 Å². The van der Waals surface area contributed by atoms with E-state index >= 15 is 0 Å². The Labute approximate surface area is 83.5 Å². The Balaban J connectivity index is 2.95. The molecule has 13 heavy (non-hydrogen) atoms. The van der Waals surface area contributed by atoms with Crippen molar-refractivity contribution >= 4 is 23.3 Å². The quantitative estimate of drug-likeness (QED) is 0.606. The van der Waals surface area contributed by atoms with E-state index in [1.165, 1.54) is 11.8 Å². The van der Waals surface area contributed by atoms with Crippen molar-refractivity contribution in [2.45, 2.75) is 32.4 Å². The Morgan fingerprint density at radius 2 is 1.92 bits per heavy atom. The number of rotatable bonds is 1. The topological polar surface area (TPSA) is 34.1 Å². The second-order valence-corrected chi connectivity index (χ2v) is 5.31. The van der Waals surface area contributed by atoms with E-state index in [0.717, 1.165) is 0 Å². The van der Waals surface area contributed by atoms with Gasteiger partial charge in [-0.25, -0.2) is 0 Å². The van der Waals surface area contributed by atoms with Gasteiger partial charge in [0.25, 0.3) is 0 Å². The Morgan fingerprint density at radius 1 is 1.38 bits per heavy atom.